The van der Waals surface area contributed by atoms with E-state index in [4.69, 9.17) is 0 Å². The number of benzene rings is 1. The molecule has 0 spiro atoms. The largest absolute Gasteiger partial charge is 0.505 e. The van der Waals surface area contributed by atoms with Crippen molar-refractivity contribution in [1.29, 1.82) is 0 Å². The number of rotatable bonds is 3. The number of carbonyl (C=O) groups excluding carboxylic acids is 1. The van der Waals surface area contributed by atoms with Gasteiger partial charge in [-0.2, -0.15) is 5.10 Å². The van der Waals surface area contributed by atoms with E-state index in [1.165, 1.54) is 36.2 Å². The minimum absolute atomic E-state index is 0.00365. The highest BCUT2D eigenvalue weighted by atomic mass is 19.1. The normalized spacial score (nSPS) is 10.3. The van der Waals surface area contributed by atoms with Gasteiger partial charge in [0.05, 0.1) is 13.3 Å². The van der Waals surface area contributed by atoms with Gasteiger partial charge in [-0.05, 0) is 17.7 Å². The lowest BCUT2D eigenvalue weighted by molar-refractivity contribution is -0.141. The van der Waals surface area contributed by atoms with E-state index in [9.17, 15) is 14.3 Å². The molecule has 1 N–H and O–H groups in total. The van der Waals surface area contributed by atoms with Crippen molar-refractivity contribution in [2.45, 2.75) is 6.54 Å². The average Bonchev–Trinajstić information content (AvgIpc) is 2.81. The van der Waals surface area contributed by atoms with Crippen LogP contribution in [0, 0.1) is 5.82 Å². The summed E-state index contributed by atoms with van der Waals surface area (Å²) < 4.78 is 18.8. The van der Waals surface area contributed by atoms with Crippen molar-refractivity contribution in [3.63, 3.8) is 0 Å². The van der Waals surface area contributed by atoms with Crippen LogP contribution in [0.4, 0.5) is 4.39 Å². The fourth-order valence-electron chi connectivity index (χ4n) is 1.49. The molecule has 0 saturated heterocycles. The Morgan fingerprint density at radius 1 is 1.50 bits per heavy atom. The van der Waals surface area contributed by atoms with Crippen LogP contribution in [0.15, 0.2) is 30.6 Å². The minimum atomic E-state index is -0.680. The molecule has 0 unspecified atom stereocenters. The molecule has 0 atom stereocenters. The molecule has 1 aromatic heterocycles. The summed E-state index contributed by atoms with van der Waals surface area (Å²) in [5.41, 5.74) is 1.29. The molecule has 1 aromatic carbocycles. The zero-order chi connectivity index (χ0) is 13.1. The molecule has 1 heterocycles. The molecular weight excluding hydrogens is 239 g/mol. The first kappa shape index (κ1) is 12.1. The number of nitrogens with zero attached hydrogens (tertiary/aromatic N) is 2. The van der Waals surface area contributed by atoms with E-state index in [1.807, 2.05) is 0 Å². The number of aromatic hydroxyl groups is 1. The van der Waals surface area contributed by atoms with Crippen molar-refractivity contribution in [2.75, 3.05) is 7.11 Å². The smallest absolute Gasteiger partial charge is 0.327 e. The second-order valence-corrected chi connectivity index (χ2v) is 3.67. The van der Waals surface area contributed by atoms with Crippen LogP contribution in [0.1, 0.15) is 0 Å². The van der Waals surface area contributed by atoms with Crippen LogP contribution in [0.3, 0.4) is 0 Å². The van der Waals surface area contributed by atoms with Crippen molar-refractivity contribution in [1.82, 2.24) is 9.78 Å². The Labute approximate surface area is 102 Å². The summed E-state index contributed by atoms with van der Waals surface area (Å²) in [6, 6.07) is 3.99. The van der Waals surface area contributed by atoms with Gasteiger partial charge in [-0.25, -0.2) is 4.39 Å². The molecule has 0 radical (unpaired) electrons. The Kier molecular flexibility index (Phi) is 3.27. The lowest BCUT2D eigenvalue weighted by Crippen LogP contribution is -2.11. The molecule has 2 aromatic rings. The van der Waals surface area contributed by atoms with E-state index < -0.39 is 17.5 Å². The zero-order valence-corrected chi connectivity index (χ0v) is 9.63. The molecule has 0 saturated carbocycles. The number of aromatic nitrogens is 2. The van der Waals surface area contributed by atoms with Crippen LogP contribution in [0.25, 0.3) is 11.1 Å². The summed E-state index contributed by atoms with van der Waals surface area (Å²) in [5, 5.41) is 13.2. The third kappa shape index (κ3) is 2.48. The fraction of sp³-hybridized carbons (Fsp3) is 0.167. The Balaban J connectivity index is 2.23. The van der Waals surface area contributed by atoms with Crippen LogP contribution < -0.4 is 0 Å². The van der Waals surface area contributed by atoms with Crippen molar-refractivity contribution < 1.29 is 19.0 Å². The van der Waals surface area contributed by atoms with E-state index in [0.717, 1.165) is 0 Å². The van der Waals surface area contributed by atoms with Crippen molar-refractivity contribution in [2.24, 2.45) is 0 Å². The predicted molar refractivity (Wildman–Crippen MR) is 61.3 cm³/mol. The van der Waals surface area contributed by atoms with Crippen molar-refractivity contribution in [3.05, 3.63) is 36.4 Å². The minimum Gasteiger partial charge on any atom is -0.505 e. The van der Waals surface area contributed by atoms with Gasteiger partial charge in [0.2, 0.25) is 0 Å². The van der Waals surface area contributed by atoms with Gasteiger partial charge in [0.1, 0.15) is 6.54 Å². The summed E-state index contributed by atoms with van der Waals surface area (Å²) in [4.78, 5) is 11.1. The second kappa shape index (κ2) is 4.87. The maximum absolute atomic E-state index is 12.9. The van der Waals surface area contributed by atoms with Crippen LogP contribution in [0.5, 0.6) is 5.75 Å². The highest BCUT2D eigenvalue weighted by molar-refractivity contribution is 5.69. The molecule has 5 nitrogen and oxygen atoms in total. The lowest BCUT2D eigenvalue weighted by atomic mass is 10.1. The molecular formula is C12H11FN2O3. The summed E-state index contributed by atoms with van der Waals surface area (Å²) in [5.74, 6) is -1.51. The third-order valence-electron chi connectivity index (χ3n) is 2.43. The predicted octanol–water partition coefficient (Wildman–Crippen LogP) is 1.57. The van der Waals surface area contributed by atoms with Crippen LogP contribution in [-0.2, 0) is 16.1 Å². The van der Waals surface area contributed by atoms with Crippen molar-refractivity contribution >= 4 is 5.97 Å². The number of hydrogen-bond acceptors (Lipinski definition) is 4. The topological polar surface area (TPSA) is 64.3 Å². The molecule has 0 aliphatic rings. The molecule has 18 heavy (non-hydrogen) atoms. The molecule has 94 valence electrons. The number of phenols is 1. The number of carbonyl (C=O) groups is 1. The maximum Gasteiger partial charge on any atom is 0.327 e. The highest BCUT2D eigenvalue weighted by Crippen LogP contribution is 2.25. The Hall–Kier alpha value is -2.37. The van der Waals surface area contributed by atoms with Crippen molar-refractivity contribution in [3.8, 4) is 16.9 Å². The fourth-order valence-corrected chi connectivity index (χ4v) is 1.49. The van der Waals surface area contributed by atoms with Crippen LogP contribution in [-0.4, -0.2) is 28.0 Å². The molecule has 0 aliphatic carbocycles. The number of phenolic OH excluding ortho intramolecular Hbond substituents is 1. The Bertz CT molecular complexity index is 580. The van der Waals surface area contributed by atoms with Gasteiger partial charge in [0.15, 0.2) is 11.6 Å². The van der Waals surface area contributed by atoms with Gasteiger partial charge < -0.3 is 9.84 Å². The molecule has 0 amide bonds. The van der Waals surface area contributed by atoms with Gasteiger partial charge in [-0.1, -0.05) is 6.07 Å². The number of ether oxygens (including phenoxy) is 1. The molecule has 0 fully saturated rings. The Morgan fingerprint density at radius 2 is 2.28 bits per heavy atom. The summed E-state index contributed by atoms with van der Waals surface area (Å²) in [7, 11) is 1.30. The standard InChI is InChI=1S/C12H11FN2O3/c1-18-12(17)7-15-6-9(5-14-15)8-2-3-10(13)11(16)4-8/h2-6,16H,7H2,1H3. The van der Waals surface area contributed by atoms with Gasteiger partial charge in [0, 0.05) is 11.8 Å². The summed E-state index contributed by atoms with van der Waals surface area (Å²) in [6.07, 6.45) is 3.14. The monoisotopic (exact) mass is 250 g/mol. The van der Waals surface area contributed by atoms with E-state index in [1.54, 1.807) is 6.20 Å². The molecule has 0 aliphatic heterocycles. The first-order valence-corrected chi connectivity index (χ1v) is 5.18. The van der Waals surface area contributed by atoms with Crippen LogP contribution in [0.2, 0.25) is 0 Å². The van der Waals surface area contributed by atoms with Gasteiger partial charge in [-0.3, -0.25) is 9.48 Å². The number of hydrogen-bond donors (Lipinski definition) is 1. The van der Waals surface area contributed by atoms with Gasteiger partial charge >= 0.3 is 5.97 Å². The first-order chi connectivity index (χ1) is 8.60. The van der Waals surface area contributed by atoms with Gasteiger partial charge in [-0.15, -0.1) is 0 Å². The Morgan fingerprint density at radius 3 is 2.94 bits per heavy atom. The zero-order valence-electron chi connectivity index (χ0n) is 9.63. The average molecular weight is 250 g/mol. The van der Waals surface area contributed by atoms with Crippen LogP contribution >= 0.6 is 0 Å². The number of halogens is 1. The van der Waals surface area contributed by atoms with E-state index in [2.05, 4.69) is 9.84 Å². The van der Waals surface area contributed by atoms with E-state index in [0.29, 0.717) is 11.1 Å². The van der Waals surface area contributed by atoms with E-state index in [-0.39, 0.29) is 6.54 Å². The quantitative estimate of drug-likeness (QED) is 0.840. The highest BCUT2D eigenvalue weighted by Gasteiger charge is 2.08. The summed E-state index contributed by atoms with van der Waals surface area (Å²) in [6.45, 7) is 0.00365. The first-order valence-electron chi connectivity index (χ1n) is 5.18. The SMILES string of the molecule is COC(=O)Cn1cc(-c2ccc(F)c(O)c2)cn1. The number of esters is 1. The lowest BCUT2D eigenvalue weighted by Gasteiger charge is -2.00. The maximum atomic E-state index is 12.9. The molecule has 6 heteroatoms. The third-order valence-corrected chi connectivity index (χ3v) is 2.43. The second-order valence-electron chi connectivity index (χ2n) is 3.67. The molecule has 2 rings (SSSR count). The number of methoxy groups -OCH3 is 1. The van der Waals surface area contributed by atoms with Gasteiger partial charge in [0.25, 0.3) is 0 Å². The molecule has 0 bridgehead atoms. The summed E-state index contributed by atoms with van der Waals surface area (Å²) >= 11 is 0. The van der Waals surface area contributed by atoms with E-state index >= 15 is 0 Å².